The average molecular weight is 400 g/mol. The van der Waals surface area contributed by atoms with Crippen molar-refractivity contribution in [1.82, 2.24) is 14.8 Å². The van der Waals surface area contributed by atoms with Gasteiger partial charge in [0.15, 0.2) is 11.7 Å². The van der Waals surface area contributed by atoms with E-state index in [2.05, 4.69) is 9.88 Å². The molecule has 28 heavy (non-hydrogen) atoms. The van der Waals surface area contributed by atoms with Gasteiger partial charge in [0.25, 0.3) is 5.91 Å². The molecule has 0 spiro atoms. The fraction of sp³-hybridized carbons (Fsp3) is 0.200. The SMILES string of the molecule is CN(C)Cc1cccc(Oc2ccc(Cl)c3cc(C(=O)N(C)C(=N)N)[nH]c23)c1. The first-order chi connectivity index (χ1) is 13.3. The van der Waals surface area contributed by atoms with Gasteiger partial charge < -0.3 is 20.4 Å². The van der Waals surface area contributed by atoms with Crippen LogP contribution >= 0.6 is 11.6 Å². The largest absolute Gasteiger partial charge is 0.455 e. The van der Waals surface area contributed by atoms with Crippen molar-refractivity contribution in [3.8, 4) is 11.5 Å². The van der Waals surface area contributed by atoms with Gasteiger partial charge in [0.05, 0.1) is 10.5 Å². The monoisotopic (exact) mass is 399 g/mol. The molecule has 8 heteroatoms. The van der Waals surface area contributed by atoms with Crippen LogP contribution in [0.25, 0.3) is 10.9 Å². The van der Waals surface area contributed by atoms with Crippen LogP contribution in [0.4, 0.5) is 0 Å². The van der Waals surface area contributed by atoms with E-state index >= 15 is 0 Å². The number of aromatic amines is 1. The Morgan fingerprint density at radius 1 is 1.21 bits per heavy atom. The second-order valence-electron chi connectivity index (χ2n) is 6.75. The fourth-order valence-electron chi connectivity index (χ4n) is 2.85. The van der Waals surface area contributed by atoms with E-state index in [1.165, 1.54) is 7.05 Å². The van der Waals surface area contributed by atoms with Crippen molar-refractivity contribution >= 4 is 34.4 Å². The highest BCUT2D eigenvalue weighted by Gasteiger charge is 2.19. The smallest absolute Gasteiger partial charge is 0.276 e. The Morgan fingerprint density at radius 2 is 1.96 bits per heavy atom. The van der Waals surface area contributed by atoms with Crippen molar-refractivity contribution in [3.63, 3.8) is 0 Å². The van der Waals surface area contributed by atoms with Gasteiger partial charge in [0.1, 0.15) is 11.4 Å². The third-order valence-corrected chi connectivity index (χ3v) is 4.55. The number of carbonyl (C=O) groups is 1. The number of nitrogens with two attached hydrogens (primary N) is 1. The molecule has 0 atom stereocenters. The molecule has 0 bridgehead atoms. The van der Waals surface area contributed by atoms with Gasteiger partial charge in [0.2, 0.25) is 0 Å². The molecule has 4 N–H and O–H groups in total. The molecular weight excluding hydrogens is 378 g/mol. The van der Waals surface area contributed by atoms with Crippen molar-refractivity contribution in [2.24, 2.45) is 5.73 Å². The number of nitrogens with one attached hydrogen (secondary N) is 2. The zero-order valence-corrected chi connectivity index (χ0v) is 16.7. The summed E-state index contributed by atoms with van der Waals surface area (Å²) < 4.78 is 6.07. The Kier molecular flexibility index (Phi) is 5.58. The van der Waals surface area contributed by atoms with Crippen molar-refractivity contribution in [2.75, 3.05) is 21.1 Å². The maximum Gasteiger partial charge on any atom is 0.276 e. The number of aromatic nitrogens is 1. The maximum absolute atomic E-state index is 12.5. The van der Waals surface area contributed by atoms with E-state index in [1.54, 1.807) is 18.2 Å². The predicted octanol–water partition coefficient (Wildman–Crippen LogP) is 3.64. The van der Waals surface area contributed by atoms with Crippen LogP contribution < -0.4 is 10.5 Å². The first-order valence-electron chi connectivity index (χ1n) is 8.61. The number of benzene rings is 2. The number of H-pyrrole nitrogens is 1. The number of halogens is 1. The molecule has 1 aromatic heterocycles. The summed E-state index contributed by atoms with van der Waals surface area (Å²) in [6.45, 7) is 0.797. The Hall–Kier alpha value is -3.03. The standard InChI is InChI=1S/C20H22ClN5O2/c1-25(2)11-12-5-4-6-13(9-12)28-17-8-7-15(21)14-10-16(24-18(14)17)19(27)26(3)20(22)23/h4-10,24H,11H2,1-3H3,(H3,22,23). The molecule has 3 aromatic rings. The van der Waals surface area contributed by atoms with Crippen LogP contribution in [0.5, 0.6) is 11.5 Å². The van der Waals surface area contributed by atoms with E-state index in [0.29, 0.717) is 27.4 Å². The molecule has 0 saturated heterocycles. The zero-order valence-electron chi connectivity index (χ0n) is 15.9. The molecule has 0 aliphatic carbocycles. The lowest BCUT2D eigenvalue weighted by Gasteiger charge is -2.13. The molecule has 0 aliphatic heterocycles. The number of nitrogens with zero attached hydrogens (tertiary/aromatic N) is 2. The number of amides is 1. The molecular formula is C20H22ClN5O2. The van der Waals surface area contributed by atoms with Crippen molar-refractivity contribution in [2.45, 2.75) is 6.54 Å². The van der Waals surface area contributed by atoms with E-state index in [-0.39, 0.29) is 11.7 Å². The number of hydrogen-bond acceptors (Lipinski definition) is 4. The summed E-state index contributed by atoms with van der Waals surface area (Å²) in [5.74, 6) is 0.458. The Balaban J connectivity index is 1.97. The van der Waals surface area contributed by atoms with Crippen molar-refractivity contribution in [3.05, 3.63) is 58.7 Å². The minimum atomic E-state index is -0.432. The number of fused-ring (bicyclic) bond motifs is 1. The summed E-state index contributed by atoms with van der Waals surface area (Å²) in [6, 6.07) is 12.9. The third-order valence-electron chi connectivity index (χ3n) is 4.22. The highest BCUT2D eigenvalue weighted by Crippen LogP contribution is 2.35. The summed E-state index contributed by atoms with van der Waals surface area (Å²) in [6.07, 6.45) is 0. The molecule has 0 fully saturated rings. The lowest BCUT2D eigenvalue weighted by molar-refractivity contribution is 0.0864. The zero-order chi connectivity index (χ0) is 20.4. The van der Waals surface area contributed by atoms with Crippen LogP contribution in [0.2, 0.25) is 5.02 Å². The summed E-state index contributed by atoms with van der Waals surface area (Å²) in [4.78, 5) is 18.6. The Labute approximate surface area is 168 Å². The summed E-state index contributed by atoms with van der Waals surface area (Å²) >= 11 is 6.30. The first-order valence-corrected chi connectivity index (χ1v) is 8.99. The van der Waals surface area contributed by atoms with Gasteiger partial charge in [-0.1, -0.05) is 23.7 Å². The second kappa shape index (κ2) is 7.92. The molecule has 0 unspecified atom stereocenters. The van der Waals surface area contributed by atoms with E-state index in [4.69, 9.17) is 27.5 Å². The molecule has 2 aromatic carbocycles. The van der Waals surface area contributed by atoms with Gasteiger partial charge in [-0.15, -0.1) is 0 Å². The number of rotatable bonds is 5. The molecule has 0 saturated carbocycles. The van der Waals surface area contributed by atoms with Crippen LogP contribution in [0.1, 0.15) is 16.1 Å². The summed E-state index contributed by atoms with van der Waals surface area (Å²) in [5.41, 5.74) is 7.40. The lowest BCUT2D eigenvalue weighted by Crippen LogP contribution is -2.38. The fourth-order valence-corrected chi connectivity index (χ4v) is 3.06. The predicted molar refractivity (Wildman–Crippen MR) is 111 cm³/mol. The minimum absolute atomic E-state index is 0.270. The van der Waals surface area contributed by atoms with Crippen LogP contribution in [0.3, 0.4) is 0 Å². The highest BCUT2D eigenvalue weighted by molar-refractivity contribution is 6.35. The maximum atomic E-state index is 12.5. The van der Waals surface area contributed by atoms with Gasteiger partial charge in [-0.3, -0.25) is 15.1 Å². The minimum Gasteiger partial charge on any atom is -0.455 e. The normalized spacial score (nSPS) is 11.0. The number of ether oxygens (including phenoxy) is 1. The molecule has 1 heterocycles. The van der Waals surface area contributed by atoms with Crippen LogP contribution in [0, 0.1) is 5.41 Å². The molecule has 1 amide bonds. The molecule has 0 radical (unpaired) electrons. The number of hydrogen-bond donors (Lipinski definition) is 3. The second-order valence-corrected chi connectivity index (χ2v) is 7.16. The van der Waals surface area contributed by atoms with Crippen molar-refractivity contribution < 1.29 is 9.53 Å². The van der Waals surface area contributed by atoms with E-state index in [9.17, 15) is 4.79 Å². The number of guanidine groups is 1. The number of carbonyl (C=O) groups excluding carboxylic acids is 1. The first kappa shape index (κ1) is 19.7. The van der Waals surface area contributed by atoms with Crippen molar-refractivity contribution in [1.29, 1.82) is 5.41 Å². The average Bonchev–Trinajstić information content (AvgIpc) is 3.09. The topological polar surface area (TPSA) is 98.4 Å². The van der Waals surface area contributed by atoms with E-state index in [0.717, 1.165) is 17.0 Å². The Morgan fingerprint density at radius 3 is 2.64 bits per heavy atom. The third kappa shape index (κ3) is 4.11. The van der Waals surface area contributed by atoms with Gasteiger partial charge in [-0.2, -0.15) is 0 Å². The molecule has 146 valence electrons. The van der Waals surface area contributed by atoms with E-state index in [1.807, 2.05) is 38.4 Å². The van der Waals surface area contributed by atoms with E-state index < -0.39 is 5.91 Å². The molecule has 3 rings (SSSR count). The van der Waals surface area contributed by atoms with Gasteiger partial charge in [-0.25, -0.2) is 0 Å². The lowest BCUT2D eigenvalue weighted by atomic mass is 10.2. The van der Waals surface area contributed by atoms with Crippen LogP contribution in [-0.2, 0) is 6.54 Å². The Bertz CT molecular complexity index is 1040. The van der Waals surface area contributed by atoms with Crippen LogP contribution in [0.15, 0.2) is 42.5 Å². The molecule has 7 nitrogen and oxygen atoms in total. The van der Waals surface area contributed by atoms with Gasteiger partial charge >= 0.3 is 0 Å². The molecule has 0 aliphatic rings. The summed E-state index contributed by atoms with van der Waals surface area (Å²) in [5, 5.41) is 8.58. The van der Waals surface area contributed by atoms with Gasteiger partial charge in [0, 0.05) is 19.0 Å². The highest BCUT2D eigenvalue weighted by atomic mass is 35.5. The van der Waals surface area contributed by atoms with Crippen LogP contribution in [-0.4, -0.2) is 47.8 Å². The van der Waals surface area contributed by atoms with Gasteiger partial charge in [-0.05, 0) is 50.0 Å². The summed E-state index contributed by atoms with van der Waals surface area (Å²) in [7, 11) is 5.45. The quantitative estimate of drug-likeness (QED) is 0.450.